The van der Waals surface area contributed by atoms with Crippen molar-refractivity contribution in [3.63, 3.8) is 0 Å². The molecule has 0 aliphatic rings. The number of nitrogens with zero attached hydrogens (tertiary/aromatic N) is 1. The molecule has 7 heteroatoms. The first-order chi connectivity index (χ1) is 11.6. The quantitative estimate of drug-likeness (QED) is 0.742. The number of nitrogens with one attached hydrogen (secondary N) is 2. The van der Waals surface area contributed by atoms with Crippen LogP contribution in [0.5, 0.6) is 11.5 Å². The lowest BCUT2D eigenvalue weighted by Crippen LogP contribution is -2.19. The topological polar surface area (TPSA) is 72.5 Å². The molecule has 1 aromatic heterocycles. The van der Waals surface area contributed by atoms with Crippen molar-refractivity contribution in [1.29, 1.82) is 0 Å². The van der Waals surface area contributed by atoms with Crippen LogP contribution >= 0.6 is 11.3 Å². The number of carbonyl (C=O) groups is 1. The summed E-state index contributed by atoms with van der Waals surface area (Å²) in [4.78, 5) is 16.6. The molecule has 0 aliphatic carbocycles. The van der Waals surface area contributed by atoms with Crippen molar-refractivity contribution in [2.75, 3.05) is 24.9 Å². The number of amides is 2. The molecule has 2 N–H and O–H groups in total. The van der Waals surface area contributed by atoms with Crippen molar-refractivity contribution in [1.82, 2.24) is 4.98 Å². The van der Waals surface area contributed by atoms with Crippen LogP contribution in [-0.2, 0) is 0 Å². The lowest BCUT2D eigenvalue weighted by molar-refractivity contribution is 0.262. The summed E-state index contributed by atoms with van der Waals surface area (Å²) >= 11 is 1.33. The number of urea groups is 1. The molecule has 0 fully saturated rings. The summed E-state index contributed by atoms with van der Waals surface area (Å²) in [5, 5.41) is 6.01. The minimum Gasteiger partial charge on any atom is -0.495 e. The molecule has 3 aromatic rings. The van der Waals surface area contributed by atoms with Crippen LogP contribution in [0.15, 0.2) is 36.4 Å². The van der Waals surface area contributed by atoms with E-state index in [1.165, 1.54) is 11.3 Å². The number of anilines is 2. The maximum absolute atomic E-state index is 12.2. The Morgan fingerprint density at radius 2 is 1.83 bits per heavy atom. The summed E-state index contributed by atoms with van der Waals surface area (Å²) in [6.45, 7) is 1.97. The third kappa shape index (κ3) is 3.26. The van der Waals surface area contributed by atoms with E-state index in [0.29, 0.717) is 22.1 Å². The maximum Gasteiger partial charge on any atom is 0.325 e. The van der Waals surface area contributed by atoms with Gasteiger partial charge in [0.15, 0.2) is 5.13 Å². The molecule has 6 nitrogen and oxygen atoms in total. The molecule has 24 heavy (non-hydrogen) atoms. The van der Waals surface area contributed by atoms with Crippen molar-refractivity contribution in [3.05, 3.63) is 42.0 Å². The highest BCUT2D eigenvalue weighted by molar-refractivity contribution is 7.22. The van der Waals surface area contributed by atoms with Crippen molar-refractivity contribution in [3.8, 4) is 11.5 Å². The predicted molar refractivity (Wildman–Crippen MR) is 96.5 cm³/mol. The number of carbonyl (C=O) groups excluding carboxylic acids is 1. The Morgan fingerprint density at radius 3 is 2.54 bits per heavy atom. The Kier molecular flexibility index (Phi) is 4.52. The number of hydrogen-bond donors (Lipinski definition) is 2. The zero-order valence-electron chi connectivity index (χ0n) is 13.5. The first-order valence-corrected chi connectivity index (χ1v) is 8.08. The van der Waals surface area contributed by atoms with E-state index >= 15 is 0 Å². The van der Waals surface area contributed by atoms with Gasteiger partial charge in [-0.2, -0.15) is 0 Å². The summed E-state index contributed by atoms with van der Waals surface area (Å²) in [6, 6.07) is 10.8. The van der Waals surface area contributed by atoms with E-state index in [2.05, 4.69) is 15.6 Å². The van der Waals surface area contributed by atoms with Gasteiger partial charge < -0.3 is 14.8 Å². The van der Waals surface area contributed by atoms with Gasteiger partial charge in [-0.1, -0.05) is 23.5 Å². The average molecular weight is 343 g/mol. The predicted octanol–water partition coefficient (Wildman–Crippen LogP) is 4.27. The molecular weight excluding hydrogens is 326 g/mol. The lowest BCUT2D eigenvalue weighted by atomic mass is 10.2. The van der Waals surface area contributed by atoms with E-state index in [1.807, 2.05) is 37.3 Å². The molecule has 2 aromatic carbocycles. The van der Waals surface area contributed by atoms with Gasteiger partial charge in [0, 0.05) is 5.69 Å². The van der Waals surface area contributed by atoms with E-state index in [9.17, 15) is 4.79 Å². The number of rotatable bonds is 4. The fraction of sp³-hybridized carbons (Fsp3) is 0.176. The van der Waals surface area contributed by atoms with Crippen LogP contribution in [0.2, 0.25) is 0 Å². The minimum absolute atomic E-state index is 0.349. The third-order valence-corrected chi connectivity index (χ3v) is 4.39. The standard InChI is InChI=1S/C17H17N3O3S/c1-10-5-4-6-11(9-10)18-16(21)20-17-19-14-12(22-2)7-8-13(23-3)15(14)24-17/h4-9H,1-3H3,(H2,18,19,20,21). The number of aromatic nitrogens is 1. The second kappa shape index (κ2) is 6.76. The molecule has 0 unspecified atom stereocenters. The highest BCUT2D eigenvalue weighted by Crippen LogP contribution is 2.38. The van der Waals surface area contributed by atoms with Crippen LogP contribution in [-0.4, -0.2) is 25.2 Å². The van der Waals surface area contributed by atoms with E-state index < -0.39 is 0 Å². The first kappa shape index (κ1) is 16.1. The Morgan fingerprint density at radius 1 is 1.08 bits per heavy atom. The van der Waals surface area contributed by atoms with Gasteiger partial charge in [0.25, 0.3) is 0 Å². The summed E-state index contributed by atoms with van der Waals surface area (Å²) in [5.41, 5.74) is 2.46. The van der Waals surface area contributed by atoms with Gasteiger partial charge in [-0.05, 0) is 36.8 Å². The Labute approximate surface area is 143 Å². The summed E-state index contributed by atoms with van der Waals surface area (Å²) in [7, 11) is 3.18. The van der Waals surface area contributed by atoms with Gasteiger partial charge in [0.05, 0.1) is 14.2 Å². The van der Waals surface area contributed by atoms with Crippen molar-refractivity contribution < 1.29 is 14.3 Å². The molecule has 2 amide bonds. The fourth-order valence-electron chi connectivity index (χ4n) is 2.32. The summed E-state index contributed by atoms with van der Waals surface area (Å²) in [6.07, 6.45) is 0. The van der Waals surface area contributed by atoms with Crippen LogP contribution in [0, 0.1) is 6.92 Å². The molecule has 0 saturated carbocycles. The van der Waals surface area contributed by atoms with Crippen LogP contribution < -0.4 is 20.1 Å². The second-order valence-corrected chi connectivity index (χ2v) is 6.11. The molecule has 0 radical (unpaired) electrons. The Bertz CT molecular complexity index is 851. The zero-order valence-corrected chi connectivity index (χ0v) is 14.4. The van der Waals surface area contributed by atoms with Gasteiger partial charge >= 0.3 is 6.03 Å². The normalized spacial score (nSPS) is 10.5. The monoisotopic (exact) mass is 343 g/mol. The molecular formula is C17H17N3O3S. The smallest absolute Gasteiger partial charge is 0.325 e. The number of ether oxygens (including phenoxy) is 2. The molecule has 0 bridgehead atoms. The summed E-state index contributed by atoms with van der Waals surface area (Å²) < 4.78 is 11.5. The fourth-order valence-corrected chi connectivity index (χ4v) is 3.29. The van der Waals surface area contributed by atoms with Gasteiger partial charge in [0.1, 0.15) is 21.7 Å². The van der Waals surface area contributed by atoms with E-state index in [0.717, 1.165) is 16.0 Å². The van der Waals surface area contributed by atoms with Crippen molar-refractivity contribution in [2.45, 2.75) is 6.92 Å². The SMILES string of the molecule is COc1ccc(OC)c2sc(NC(=O)Nc3cccc(C)c3)nc12. The molecule has 0 spiro atoms. The van der Waals surface area contributed by atoms with Gasteiger partial charge in [-0.3, -0.25) is 5.32 Å². The van der Waals surface area contributed by atoms with Gasteiger partial charge in [-0.25, -0.2) is 9.78 Å². The molecule has 124 valence electrons. The number of fused-ring (bicyclic) bond motifs is 1. The second-order valence-electron chi connectivity index (χ2n) is 5.12. The molecule has 0 atom stereocenters. The number of methoxy groups -OCH3 is 2. The maximum atomic E-state index is 12.2. The van der Waals surface area contributed by atoms with Crippen LogP contribution in [0.1, 0.15) is 5.56 Å². The van der Waals surface area contributed by atoms with Crippen molar-refractivity contribution in [2.24, 2.45) is 0 Å². The highest BCUT2D eigenvalue weighted by atomic mass is 32.1. The van der Waals surface area contributed by atoms with Gasteiger partial charge in [-0.15, -0.1) is 0 Å². The Hall–Kier alpha value is -2.80. The number of hydrogen-bond acceptors (Lipinski definition) is 5. The highest BCUT2D eigenvalue weighted by Gasteiger charge is 2.15. The van der Waals surface area contributed by atoms with Crippen molar-refractivity contribution >= 4 is 38.4 Å². The molecule has 0 saturated heterocycles. The van der Waals surface area contributed by atoms with Crippen LogP contribution in [0.25, 0.3) is 10.2 Å². The van der Waals surface area contributed by atoms with E-state index in [-0.39, 0.29) is 6.03 Å². The first-order valence-electron chi connectivity index (χ1n) is 7.27. The molecule has 3 rings (SSSR count). The Balaban J connectivity index is 1.83. The zero-order chi connectivity index (χ0) is 17.1. The lowest BCUT2D eigenvalue weighted by Gasteiger charge is -2.05. The third-order valence-electron chi connectivity index (χ3n) is 3.41. The van der Waals surface area contributed by atoms with Crippen LogP contribution in [0.3, 0.4) is 0 Å². The van der Waals surface area contributed by atoms with E-state index in [4.69, 9.17) is 9.47 Å². The number of aryl methyl sites for hydroxylation is 1. The van der Waals surface area contributed by atoms with Crippen LogP contribution in [0.4, 0.5) is 15.6 Å². The minimum atomic E-state index is -0.349. The molecule has 0 aliphatic heterocycles. The summed E-state index contributed by atoms with van der Waals surface area (Å²) in [5.74, 6) is 1.32. The molecule has 1 heterocycles. The average Bonchev–Trinajstić information content (AvgIpc) is 2.97. The van der Waals surface area contributed by atoms with E-state index in [1.54, 1.807) is 20.3 Å². The number of benzene rings is 2. The van der Waals surface area contributed by atoms with Gasteiger partial charge in [0.2, 0.25) is 0 Å². The number of thiazole rings is 1. The largest absolute Gasteiger partial charge is 0.495 e.